The Bertz CT molecular complexity index is 219. The van der Waals surface area contributed by atoms with Crippen molar-refractivity contribution in [2.45, 2.75) is 12.5 Å². The Balaban J connectivity index is 2.38. The summed E-state index contributed by atoms with van der Waals surface area (Å²) in [4.78, 5) is 16.9. The Morgan fingerprint density at radius 2 is 2.18 bits per heavy atom. The average molecular weight is 178 g/mol. The molecule has 0 bridgehead atoms. The van der Waals surface area contributed by atoms with Crippen LogP contribution in [0.15, 0.2) is 12.2 Å². The van der Waals surface area contributed by atoms with Crippen molar-refractivity contribution in [1.29, 1.82) is 0 Å². The summed E-state index contributed by atoms with van der Waals surface area (Å²) in [5.41, 5.74) is 0.881. The van der Waals surface area contributed by atoms with Gasteiger partial charge in [0.2, 0.25) is 0 Å². The third kappa shape index (κ3) is 2.75. The van der Waals surface area contributed by atoms with Gasteiger partial charge in [-0.1, -0.05) is 12.2 Å². The fourth-order valence-corrected chi connectivity index (χ4v) is 1.74. The minimum Gasteiger partial charge on any atom is -0.392 e. The van der Waals surface area contributed by atoms with Gasteiger partial charge in [0.25, 0.3) is 0 Å². The Morgan fingerprint density at radius 1 is 1.73 bits per heavy atom. The molecular formula is C6H11O4P. The van der Waals surface area contributed by atoms with E-state index in [0.29, 0.717) is 6.42 Å². The monoisotopic (exact) mass is 178 g/mol. The molecule has 1 fully saturated rings. The topological polar surface area (TPSA) is 77.8 Å². The van der Waals surface area contributed by atoms with E-state index in [1.807, 2.05) is 0 Å². The summed E-state index contributed by atoms with van der Waals surface area (Å²) in [6.45, 7) is 3.59. The minimum atomic E-state index is -4.05. The molecule has 0 spiro atoms. The largest absolute Gasteiger partial charge is 0.392 e. The molecule has 5 heteroatoms. The average Bonchev–Trinajstić information content (AvgIpc) is 2.41. The lowest BCUT2D eigenvalue weighted by Gasteiger charge is -2.08. The highest BCUT2D eigenvalue weighted by Gasteiger charge is 2.37. The summed E-state index contributed by atoms with van der Waals surface area (Å²) in [5.74, 6) is -0.0809. The molecule has 11 heavy (non-hydrogen) atoms. The van der Waals surface area contributed by atoms with Gasteiger partial charge in [0.05, 0.1) is 12.3 Å². The molecule has 0 unspecified atom stereocenters. The molecule has 0 aliphatic heterocycles. The first-order valence-corrected chi connectivity index (χ1v) is 5.10. The van der Waals surface area contributed by atoms with Crippen LogP contribution in [0.4, 0.5) is 0 Å². The van der Waals surface area contributed by atoms with E-state index < -0.39 is 19.9 Å². The first kappa shape index (κ1) is 8.94. The van der Waals surface area contributed by atoms with Gasteiger partial charge in [0, 0.05) is 5.92 Å². The maximum absolute atomic E-state index is 10.4. The van der Waals surface area contributed by atoms with Crippen molar-refractivity contribution < 1.29 is 19.5 Å². The van der Waals surface area contributed by atoms with Crippen molar-refractivity contribution in [1.82, 2.24) is 0 Å². The molecule has 0 aromatic heterocycles. The van der Waals surface area contributed by atoms with E-state index >= 15 is 0 Å². The van der Waals surface area contributed by atoms with E-state index in [1.54, 1.807) is 0 Å². The van der Waals surface area contributed by atoms with Crippen LogP contribution in [0.5, 0.6) is 0 Å². The van der Waals surface area contributed by atoms with Crippen LogP contribution in [0.25, 0.3) is 0 Å². The zero-order chi connectivity index (χ0) is 8.65. The standard InChI is InChI=1S/C6H11O4P/c1-4-2-5(4)6(7)3-11(8,9)10/h5-7H,1-3H2,(H2,8,9,10)/t5-,6+/m1/s1. The molecule has 0 radical (unpaired) electrons. The second-order valence-electron chi connectivity index (χ2n) is 2.88. The van der Waals surface area contributed by atoms with Crippen LogP contribution >= 0.6 is 7.60 Å². The second-order valence-corrected chi connectivity index (χ2v) is 4.58. The molecule has 1 aliphatic carbocycles. The summed E-state index contributed by atoms with van der Waals surface area (Å²) in [5, 5.41) is 9.14. The van der Waals surface area contributed by atoms with Gasteiger partial charge in [0.15, 0.2) is 0 Å². The summed E-state index contributed by atoms with van der Waals surface area (Å²) >= 11 is 0. The molecule has 1 aliphatic rings. The van der Waals surface area contributed by atoms with Crippen LogP contribution in [0.2, 0.25) is 0 Å². The van der Waals surface area contributed by atoms with Crippen molar-refractivity contribution in [3.63, 3.8) is 0 Å². The lowest BCUT2D eigenvalue weighted by atomic mass is 10.2. The quantitative estimate of drug-likeness (QED) is 0.423. The Labute approximate surface area is 64.7 Å². The summed E-state index contributed by atoms with van der Waals surface area (Å²) < 4.78 is 10.4. The maximum atomic E-state index is 10.4. The fraction of sp³-hybridized carbons (Fsp3) is 0.667. The van der Waals surface area contributed by atoms with E-state index in [0.717, 1.165) is 5.57 Å². The highest BCUT2D eigenvalue weighted by molar-refractivity contribution is 7.51. The van der Waals surface area contributed by atoms with Crippen molar-refractivity contribution in [3.8, 4) is 0 Å². The SMILES string of the molecule is C=C1C[C@H]1[C@@H](O)CP(=O)(O)O. The predicted molar refractivity (Wildman–Crippen MR) is 40.2 cm³/mol. The van der Waals surface area contributed by atoms with Crippen LogP contribution < -0.4 is 0 Å². The van der Waals surface area contributed by atoms with Crippen molar-refractivity contribution >= 4 is 7.60 Å². The van der Waals surface area contributed by atoms with E-state index in [9.17, 15) is 4.57 Å². The lowest BCUT2D eigenvalue weighted by molar-refractivity contribution is 0.171. The van der Waals surface area contributed by atoms with Crippen molar-refractivity contribution in [2.24, 2.45) is 5.92 Å². The highest BCUT2D eigenvalue weighted by atomic mass is 31.2. The highest BCUT2D eigenvalue weighted by Crippen LogP contribution is 2.44. The van der Waals surface area contributed by atoms with Gasteiger partial charge >= 0.3 is 7.60 Å². The molecule has 0 aromatic carbocycles. The summed E-state index contributed by atoms with van der Waals surface area (Å²) in [6, 6.07) is 0. The third-order valence-corrected chi connectivity index (χ3v) is 2.59. The molecule has 64 valence electrons. The Morgan fingerprint density at radius 3 is 2.45 bits per heavy atom. The first-order chi connectivity index (χ1) is 4.90. The molecule has 1 saturated carbocycles. The van der Waals surface area contributed by atoms with Crippen LogP contribution in [-0.2, 0) is 4.57 Å². The summed E-state index contributed by atoms with van der Waals surface area (Å²) in [6.07, 6.45) is -0.666. The number of hydrogen-bond donors (Lipinski definition) is 3. The smallest absolute Gasteiger partial charge is 0.328 e. The molecule has 0 saturated heterocycles. The van der Waals surface area contributed by atoms with Crippen molar-refractivity contribution in [2.75, 3.05) is 6.16 Å². The fourth-order valence-electron chi connectivity index (χ4n) is 1.00. The van der Waals surface area contributed by atoms with Gasteiger partial charge in [-0.25, -0.2) is 0 Å². The van der Waals surface area contributed by atoms with E-state index in [1.165, 1.54) is 0 Å². The van der Waals surface area contributed by atoms with Gasteiger partial charge in [-0.15, -0.1) is 0 Å². The molecule has 2 atom stereocenters. The lowest BCUT2D eigenvalue weighted by Crippen LogP contribution is -2.14. The van der Waals surface area contributed by atoms with Crippen LogP contribution in [-0.4, -0.2) is 27.2 Å². The molecule has 0 aromatic rings. The van der Waals surface area contributed by atoms with Gasteiger partial charge < -0.3 is 14.9 Å². The molecular weight excluding hydrogens is 167 g/mol. The zero-order valence-corrected chi connectivity index (χ0v) is 6.87. The number of aliphatic hydroxyl groups excluding tert-OH is 1. The molecule has 0 amide bonds. The second kappa shape index (κ2) is 2.72. The Hall–Kier alpha value is -0.150. The third-order valence-electron chi connectivity index (χ3n) is 1.74. The van der Waals surface area contributed by atoms with Gasteiger partial charge in [-0.2, -0.15) is 0 Å². The van der Waals surface area contributed by atoms with E-state index in [2.05, 4.69) is 6.58 Å². The number of hydrogen-bond acceptors (Lipinski definition) is 2. The number of aliphatic hydroxyl groups is 1. The van der Waals surface area contributed by atoms with Crippen LogP contribution in [0.1, 0.15) is 6.42 Å². The van der Waals surface area contributed by atoms with Crippen molar-refractivity contribution in [3.05, 3.63) is 12.2 Å². The first-order valence-electron chi connectivity index (χ1n) is 3.30. The van der Waals surface area contributed by atoms with Gasteiger partial charge in [0.1, 0.15) is 0 Å². The Kier molecular flexibility index (Phi) is 2.21. The normalized spacial score (nSPS) is 26.8. The molecule has 3 N–H and O–H groups in total. The number of rotatable bonds is 3. The van der Waals surface area contributed by atoms with Gasteiger partial charge in [-0.05, 0) is 6.42 Å². The molecule has 0 heterocycles. The van der Waals surface area contributed by atoms with Gasteiger partial charge in [-0.3, -0.25) is 4.57 Å². The summed E-state index contributed by atoms with van der Waals surface area (Å²) in [7, 11) is -4.05. The van der Waals surface area contributed by atoms with Crippen LogP contribution in [0.3, 0.4) is 0 Å². The van der Waals surface area contributed by atoms with Crippen LogP contribution in [0, 0.1) is 5.92 Å². The molecule has 4 nitrogen and oxygen atoms in total. The maximum Gasteiger partial charge on any atom is 0.328 e. The van der Waals surface area contributed by atoms with E-state index in [-0.39, 0.29) is 5.92 Å². The van der Waals surface area contributed by atoms with E-state index in [4.69, 9.17) is 14.9 Å². The minimum absolute atomic E-state index is 0.0809. The molecule has 1 rings (SSSR count). The predicted octanol–water partition coefficient (Wildman–Crippen LogP) is 0.101. The zero-order valence-electron chi connectivity index (χ0n) is 5.97.